The number of hydrogen-bond acceptors (Lipinski definition) is 7. The summed E-state index contributed by atoms with van der Waals surface area (Å²) in [5.74, 6) is -3.67. The van der Waals surface area contributed by atoms with Crippen molar-refractivity contribution in [2.24, 2.45) is 0 Å². The van der Waals surface area contributed by atoms with Crippen LogP contribution < -0.4 is 10.6 Å². The van der Waals surface area contributed by atoms with Crippen LogP contribution in [0.4, 0.5) is 19.5 Å². The molecule has 0 atom stereocenters. The number of unbranched alkanes of at least 4 members (excludes halogenated alkanes) is 2. The average molecular weight is 797 g/mol. The molecular weight excluding hydrogens is 751 g/mol. The number of carbonyl (C=O) groups excluding carboxylic acids is 3. The van der Waals surface area contributed by atoms with Crippen molar-refractivity contribution in [1.82, 2.24) is 9.80 Å². The van der Waals surface area contributed by atoms with E-state index in [-0.39, 0.29) is 58.3 Å². The Balaban J connectivity index is 1.12. The highest BCUT2D eigenvalue weighted by atomic mass is 32.1. The Hall–Kier alpha value is -5.50. The quantitative estimate of drug-likeness (QED) is 0.0785. The van der Waals surface area contributed by atoms with Gasteiger partial charge in [-0.2, -0.15) is 0 Å². The largest absolute Gasteiger partial charge is 0.478 e. The number of carboxylic acids is 1. The first kappa shape index (κ1) is 41.1. The third-order valence-corrected chi connectivity index (χ3v) is 11.4. The van der Waals surface area contributed by atoms with Crippen LogP contribution in [0.3, 0.4) is 0 Å². The molecular formula is C44H46F2N4O6S. The van der Waals surface area contributed by atoms with Crippen molar-refractivity contribution in [3.05, 3.63) is 130 Å². The lowest BCUT2D eigenvalue weighted by Gasteiger charge is -2.47. The van der Waals surface area contributed by atoms with Crippen LogP contribution >= 0.6 is 11.3 Å². The van der Waals surface area contributed by atoms with E-state index in [0.29, 0.717) is 50.0 Å². The second kappa shape index (κ2) is 18.2. The van der Waals surface area contributed by atoms with Crippen molar-refractivity contribution in [3.8, 4) is 0 Å². The maximum absolute atomic E-state index is 15.3. The molecule has 0 unspecified atom stereocenters. The number of halogens is 2. The molecule has 5 aromatic rings. The third kappa shape index (κ3) is 10.1. The first-order valence-corrected chi connectivity index (χ1v) is 19.8. The predicted octanol–water partition coefficient (Wildman–Crippen LogP) is 8.14. The maximum atomic E-state index is 15.3. The second-order valence-corrected chi connectivity index (χ2v) is 16.0. The van der Waals surface area contributed by atoms with Gasteiger partial charge in [-0.05, 0) is 93.1 Å². The highest BCUT2D eigenvalue weighted by Crippen LogP contribution is 2.37. The van der Waals surface area contributed by atoms with Gasteiger partial charge in [-0.1, -0.05) is 48.9 Å². The lowest BCUT2D eigenvalue weighted by Crippen LogP contribution is -2.59. The minimum absolute atomic E-state index is 0.0214. The first-order chi connectivity index (χ1) is 27.3. The van der Waals surface area contributed by atoms with Crippen LogP contribution in [0.5, 0.6) is 0 Å². The van der Waals surface area contributed by atoms with Gasteiger partial charge < -0.3 is 25.7 Å². The smallest absolute Gasteiger partial charge is 0.335 e. The first-order valence-electron chi connectivity index (χ1n) is 19.0. The average Bonchev–Trinajstić information content (AvgIpc) is 3.55. The number of aromatic carboxylic acids is 1. The molecule has 1 aliphatic heterocycles. The van der Waals surface area contributed by atoms with Gasteiger partial charge in [-0.3, -0.25) is 19.3 Å². The Kier molecular flexibility index (Phi) is 13.1. The molecule has 57 heavy (non-hydrogen) atoms. The predicted molar refractivity (Wildman–Crippen MR) is 218 cm³/mol. The van der Waals surface area contributed by atoms with E-state index in [0.717, 1.165) is 40.8 Å². The monoisotopic (exact) mass is 796 g/mol. The van der Waals surface area contributed by atoms with E-state index in [1.165, 1.54) is 23.5 Å². The molecule has 0 spiro atoms. The van der Waals surface area contributed by atoms with E-state index in [1.54, 1.807) is 30.3 Å². The number of aliphatic hydroxyl groups excluding tert-OH is 1. The number of aryl methyl sites for hydroxylation is 1. The van der Waals surface area contributed by atoms with Gasteiger partial charge in [0.05, 0.1) is 11.1 Å². The Morgan fingerprint density at radius 1 is 0.789 bits per heavy atom. The molecule has 0 aliphatic carbocycles. The summed E-state index contributed by atoms with van der Waals surface area (Å²) in [7, 11) is 0. The van der Waals surface area contributed by atoms with Crippen molar-refractivity contribution < 1.29 is 38.2 Å². The van der Waals surface area contributed by atoms with Gasteiger partial charge in [0.2, 0.25) is 5.91 Å². The fourth-order valence-corrected chi connectivity index (χ4v) is 8.27. The van der Waals surface area contributed by atoms with Crippen molar-refractivity contribution >= 4 is 55.8 Å². The highest BCUT2D eigenvalue weighted by Gasteiger charge is 2.35. The van der Waals surface area contributed by atoms with E-state index >= 15 is 8.78 Å². The van der Waals surface area contributed by atoms with Crippen LogP contribution in [-0.2, 0) is 24.2 Å². The molecule has 1 saturated heterocycles. The van der Waals surface area contributed by atoms with Crippen LogP contribution in [0.2, 0.25) is 0 Å². The highest BCUT2D eigenvalue weighted by molar-refractivity contribution is 7.23. The number of piperazine rings is 1. The molecule has 2 heterocycles. The maximum Gasteiger partial charge on any atom is 0.335 e. The van der Waals surface area contributed by atoms with Gasteiger partial charge in [-0.15, -0.1) is 11.3 Å². The molecule has 13 heteroatoms. The molecule has 6 rings (SSSR count). The number of thiophene rings is 1. The van der Waals surface area contributed by atoms with Gasteiger partial charge in [0, 0.05) is 71.6 Å². The molecule has 10 nitrogen and oxygen atoms in total. The molecule has 0 radical (unpaired) electrons. The molecule has 1 fully saturated rings. The van der Waals surface area contributed by atoms with Crippen LogP contribution in [0.15, 0.2) is 84.9 Å². The minimum Gasteiger partial charge on any atom is -0.478 e. The molecule has 298 valence electrons. The van der Waals surface area contributed by atoms with Crippen molar-refractivity contribution in [1.29, 1.82) is 0 Å². The molecule has 1 aliphatic rings. The molecule has 0 saturated carbocycles. The number of amides is 3. The number of rotatable bonds is 15. The molecule has 3 amide bonds. The number of carboxylic acid groups (broad SMARTS) is 1. The zero-order valence-electron chi connectivity index (χ0n) is 31.9. The molecule has 0 bridgehead atoms. The van der Waals surface area contributed by atoms with Crippen LogP contribution in [-0.4, -0.2) is 75.5 Å². The number of nitrogens with one attached hydrogen (secondary N) is 2. The second-order valence-electron chi connectivity index (χ2n) is 14.9. The normalized spacial score (nSPS) is 14.1. The van der Waals surface area contributed by atoms with E-state index in [1.807, 2.05) is 35.2 Å². The zero-order chi connectivity index (χ0) is 40.7. The van der Waals surface area contributed by atoms with E-state index in [9.17, 15) is 19.2 Å². The van der Waals surface area contributed by atoms with Crippen LogP contribution in [0, 0.1) is 11.6 Å². The fraction of sp³-hybridized carbons (Fsp3) is 0.318. The number of carbonyl (C=O) groups is 4. The summed E-state index contributed by atoms with van der Waals surface area (Å²) in [5, 5.41) is 24.5. The number of anilines is 2. The van der Waals surface area contributed by atoms with Gasteiger partial charge in [0.15, 0.2) is 0 Å². The van der Waals surface area contributed by atoms with E-state index in [2.05, 4.69) is 29.4 Å². The Morgan fingerprint density at radius 3 is 2.23 bits per heavy atom. The number of benzene rings is 4. The molecule has 4 N–H and O–H groups in total. The lowest BCUT2D eigenvalue weighted by atomic mass is 9.97. The fourth-order valence-electron chi connectivity index (χ4n) is 7.18. The van der Waals surface area contributed by atoms with Gasteiger partial charge in [-0.25, -0.2) is 13.6 Å². The topological polar surface area (TPSA) is 139 Å². The third-order valence-electron chi connectivity index (χ3n) is 10.4. The van der Waals surface area contributed by atoms with Gasteiger partial charge >= 0.3 is 5.97 Å². The van der Waals surface area contributed by atoms with Crippen LogP contribution in [0.25, 0.3) is 10.1 Å². The Morgan fingerprint density at radius 2 is 1.53 bits per heavy atom. The number of aliphatic hydroxyl groups is 1. The summed E-state index contributed by atoms with van der Waals surface area (Å²) in [5.41, 5.74) is 1.75. The summed E-state index contributed by atoms with van der Waals surface area (Å²) in [4.78, 5) is 55.8. The zero-order valence-corrected chi connectivity index (χ0v) is 32.8. The van der Waals surface area contributed by atoms with Crippen LogP contribution in [0.1, 0.15) is 87.3 Å². The van der Waals surface area contributed by atoms with Crippen molar-refractivity contribution in [2.75, 3.05) is 36.9 Å². The summed E-state index contributed by atoms with van der Waals surface area (Å²) >= 11 is 1.22. The Labute approximate surface area is 334 Å². The summed E-state index contributed by atoms with van der Waals surface area (Å²) in [6, 6.07) is 22.6. The van der Waals surface area contributed by atoms with Crippen molar-refractivity contribution in [2.45, 2.75) is 64.5 Å². The number of hydrogen-bond donors (Lipinski definition) is 4. The SMILES string of the molecule is CC1(C)CN(C(=O)CCCCCO)CCN1Cc1cccc(C(=O)Nc2sc3ccccc3c2C(=O)Nc2cc(F)c(CCc3ccc(C(=O)O)cc3)c(F)c2)c1. The van der Waals surface area contributed by atoms with Gasteiger partial charge in [0.1, 0.15) is 16.6 Å². The van der Waals surface area contributed by atoms with E-state index in [4.69, 9.17) is 10.2 Å². The van der Waals surface area contributed by atoms with E-state index < -0.39 is 29.4 Å². The summed E-state index contributed by atoms with van der Waals surface area (Å²) < 4.78 is 31.2. The lowest BCUT2D eigenvalue weighted by molar-refractivity contribution is -0.136. The summed E-state index contributed by atoms with van der Waals surface area (Å²) in [6.45, 7) is 6.77. The summed E-state index contributed by atoms with van der Waals surface area (Å²) in [6.07, 6.45) is 3.05. The Bertz CT molecular complexity index is 2250. The molecule has 1 aromatic heterocycles. The number of nitrogens with zero attached hydrogens (tertiary/aromatic N) is 2. The minimum atomic E-state index is -1.06. The van der Waals surface area contributed by atoms with Crippen molar-refractivity contribution in [3.63, 3.8) is 0 Å². The standard InChI is InChI=1S/C44H46F2N4O6S/c1-44(2)27-49(38(52)13-4-3-7-22-51)20-21-50(44)26-29-9-8-10-31(23-29)40(53)48-42-39(34-11-5-6-12-37(34)57-42)41(54)47-32-24-35(45)33(36(46)25-32)19-16-28-14-17-30(18-15-28)43(55)56/h5-6,8-12,14-15,17-18,23-25,51H,3-4,7,13,16,19-22,26-27H2,1-2H3,(H,47,54)(H,48,53)(H,55,56). The molecule has 4 aromatic carbocycles. The number of fused-ring (bicyclic) bond motifs is 1. The van der Waals surface area contributed by atoms with Gasteiger partial charge in [0.25, 0.3) is 11.8 Å².